The van der Waals surface area contributed by atoms with E-state index in [-0.39, 0.29) is 24.7 Å². The lowest BCUT2D eigenvalue weighted by atomic mass is 9.82. The molecule has 1 aliphatic carbocycles. The molecule has 3 amide bonds. The van der Waals surface area contributed by atoms with E-state index in [2.05, 4.69) is 45.7 Å². The first-order valence-electron chi connectivity index (χ1n) is 19.0. The van der Waals surface area contributed by atoms with Gasteiger partial charge in [0.15, 0.2) is 0 Å². The summed E-state index contributed by atoms with van der Waals surface area (Å²) < 4.78 is 0. The Bertz CT molecular complexity index is 1440. The molecule has 4 rings (SSSR count). The Morgan fingerprint density at radius 3 is 2.33 bits per heavy atom. The number of carbonyl (C=O) groups is 3. The van der Waals surface area contributed by atoms with Crippen LogP contribution >= 0.6 is 0 Å². The second-order valence-electron chi connectivity index (χ2n) is 15.2. The van der Waals surface area contributed by atoms with Crippen molar-refractivity contribution in [3.8, 4) is 12.3 Å². The average molecular weight is 701 g/mol. The SMILES string of the molecule is C#CC[C@H](NC(=O)[C@@H](CC(=O)N(C)CCN1CCc2ccccc2C1)Cc1ccccc1)C(=O)N[C@@H](CC1CCCCC1)[C@@H](O)[C@@H](O)CC(C)C. The summed E-state index contributed by atoms with van der Waals surface area (Å²) in [6.45, 7) is 7.01. The van der Waals surface area contributed by atoms with Crippen molar-refractivity contribution in [3.05, 3.63) is 71.3 Å². The zero-order valence-electron chi connectivity index (χ0n) is 30.9. The molecule has 1 aliphatic heterocycles. The Hall–Kier alpha value is -3.71. The van der Waals surface area contributed by atoms with Crippen molar-refractivity contribution in [2.24, 2.45) is 17.8 Å². The van der Waals surface area contributed by atoms with Gasteiger partial charge in [-0.2, -0.15) is 0 Å². The molecule has 51 heavy (non-hydrogen) atoms. The molecule has 1 heterocycles. The van der Waals surface area contributed by atoms with Gasteiger partial charge in [-0.05, 0) is 54.2 Å². The van der Waals surface area contributed by atoms with Crippen molar-refractivity contribution in [3.63, 3.8) is 0 Å². The summed E-state index contributed by atoms with van der Waals surface area (Å²) >= 11 is 0. The van der Waals surface area contributed by atoms with Gasteiger partial charge >= 0.3 is 0 Å². The van der Waals surface area contributed by atoms with Gasteiger partial charge in [0, 0.05) is 46.1 Å². The van der Waals surface area contributed by atoms with E-state index < -0.39 is 42.0 Å². The van der Waals surface area contributed by atoms with E-state index in [1.807, 2.05) is 44.2 Å². The summed E-state index contributed by atoms with van der Waals surface area (Å²) in [4.78, 5) is 45.4. The lowest BCUT2D eigenvalue weighted by Crippen LogP contribution is -2.56. The third-order valence-corrected chi connectivity index (χ3v) is 10.6. The van der Waals surface area contributed by atoms with E-state index in [9.17, 15) is 24.6 Å². The van der Waals surface area contributed by atoms with E-state index in [1.165, 1.54) is 17.5 Å². The van der Waals surface area contributed by atoms with Crippen LogP contribution in [0.4, 0.5) is 0 Å². The number of benzene rings is 2. The van der Waals surface area contributed by atoms with Crippen molar-refractivity contribution < 1.29 is 24.6 Å². The highest BCUT2D eigenvalue weighted by Gasteiger charge is 2.34. The minimum Gasteiger partial charge on any atom is -0.390 e. The number of aliphatic hydroxyl groups is 2. The fourth-order valence-electron chi connectivity index (χ4n) is 7.54. The van der Waals surface area contributed by atoms with Crippen LogP contribution in [0.3, 0.4) is 0 Å². The minimum atomic E-state index is -1.15. The molecule has 1 saturated carbocycles. The summed E-state index contributed by atoms with van der Waals surface area (Å²) in [6.07, 6.45) is 11.1. The molecule has 4 N–H and O–H groups in total. The van der Waals surface area contributed by atoms with Crippen LogP contribution in [0.2, 0.25) is 0 Å². The Labute approximate surface area is 305 Å². The summed E-state index contributed by atoms with van der Waals surface area (Å²) in [5, 5.41) is 27.9. The van der Waals surface area contributed by atoms with Gasteiger partial charge in [-0.1, -0.05) is 101 Å². The van der Waals surface area contributed by atoms with Crippen molar-refractivity contribution in [2.75, 3.05) is 26.7 Å². The van der Waals surface area contributed by atoms with E-state index in [4.69, 9.17) is 6.42 Å². The van der Waals surface area contributed by atoms with Crippen LogP contribution in [-0.4, -0.2) is 88.7 Å². The summed E-state index contributed by atoms with van der Waals surface area (Å²) in [7, 11) is 1.78. The molecule has 278 valence electrons. The van der Waals surface area contributed by atoms with Crippen LogP contribution in [-0.2, 0) is 33.8 Å². The molecular formula is C42H60N4O5. The van der Waals surface area contributed by atoms with Crippen LogP contribution in [0.5, 0.6) is 0 Å². The molecule has 1 fully saturated rings. The monoisotopic (exact) mass is 700 g/mol. The van der Waals surface area contributed by atoms with E-state index in [0.29, 0.717) is 31.7 Å². The van der Waals surface area contributed by atoms with Crippen LogP contribution in [0, 0.1) is 30.1 Å². The Morgan fingerprint density at radius 1 is 0.961 bits per heavy atom. The normalized spacial score (nSPS) is 18.1. The largest absolute Gasteiger partial charge is 0.390 e. The lowest BCUT2D eigenvalue weighted by molar-refractivity contribution is -0.137. The maximum absolute atomic E-state index is 14.0. The van der Waals surface area contributed by atoms with Crippen LogP contribution in [0.15, 0.2) is 54.6 Å². The third-order valence-electron chi connectivity index (χ3n) is 10.6. The molecule has 0 spiro atoms. The number of terminal acetylenes is 1. The molecule has 9 heteroatoms. The highest BCUT2D eigenvalue weighted by molar-refractivity contribution is 5.91. The van der Waals surface area contributed by atoms with Crippen LogP contribution in [0.1, 0.15) is 88.3 Å². The number of fused-ring (bicyclic) bond motifs is 1. The molecular weight excluding hydrogens is 640 g/mol. The van der Waals surface area contributed by atoms with Crippen LogP contribution in [0.25, 0.3) is 0 Å². The Balaban J connectivity index is 1.42. The molecule has 0 bridgehead atoms. The number of amides is 3. The molecule has 5 atom stereocenters. The quantitative estimate of drug-likeness (QED) is 0.170. The highest BCUT2D eigenvalue weighted by Crippen LogP contribution is 2.29. The fourth-order valence-corrected chi connectivity index (χ4v) is 7.54. The molecule has 0 radical (unpaired) electrons. The van der Waals surface area contributed by atoms with Gasteiger partial charge in [0.05, 0.1) is 18.1 Å². The maximum Gasteiger partial charge on any atom is 0.243 e. The molecule has 2 aromatic carbocycles. The number of hydrogen-bond donors (Lipinski definition) is 4. The highest BCUT2D eigenvalue weighted by atomic mass is 16.3. The second kappa shape index (κ2) is 20.4. The average Bonchev–Trinajstić information content (AvgIpc) is 3.13. The van der Waals surface area contributed by atoms with Gasteiger partial charge in [-0.3, -0.25) is 19.3 Å². The van der Waals surface area contributed by atoms with Crippen molar-refractivity contribution in [2.45, 2.75) is 115 Å². The first kappa shape index (κ1) is 40.1. The second-order valence-corrected chi connectivity index (χ2v) is 15.2. The lowest BCUT2D eigenvalue weighted by Gasteiger charge is -2.33. The summed E-state index contributed by atoms with van der Waals surface area (Å²) in [5.41, 5.74) is 3.61. The van der Waals surface area contributed by atoms with Gasteiger partial charge in [0.2, 0.25) is 17.7 Å². The van der Waals surface area contributed by atoms with E-state index in [1.54, 1.807) is 11.9 Å². The van der Waals surface area contributed by atoms with E-state index >= 15 is 0 Å². The zero-order valence-corrected chi connectivity index (χ0v) is 30.9. The van der Waals surface area contributed by atoms with Crippen molar-refractivity contribution in [1.82, 2.24) is 20.4 Å². The van der Waals surface area contributed by atoms with Crippen molar-refractivity contribution >= 4 is 17.7 Å². The molecule has 9 nitrogen and oxygen atoms in total. The smallest absolute Gasteiger partial charge is 0.243 e. The number of aliphatic hydroxyl groups excluding tert-OH is 2. The molecule has 0 saturated heterocycles. The van der Waals surface area contributed by atoms with Gasteiger partial charge < -0.3 is 25.7 Å². The topological polar surface area (TPSA) is 122 Å². The number of rotatable bonds is 18. The Morgan fingerprint density at radius 2 is 1.65 bits per heavy atom. The zero-order chi connectivity index (χ0) is 36.8. The summed E-state index contributed by atoms with van der Waals surface area (Å²) in [5.74, 6) is 1.23. The molecule has 0 unspecified atom stereocenters. The molecule has 0 aromatic heterocycles. The van der Waals surface area contributed by atoms with Gasteiger partial charge in [-0.25, -0.2) is 0 Å². The standard InChI is InChI=1S/C42H60N4O5/c1-5-14-36(42(51)44-37(27-32-17-10-7-11-18-32)40(49)38(47)25-30(2)3)43-41(50)35(26-31-15-8-6-9-16-31)28-39(48)45(4)23-24-46-22-21-33-19-12-13-20-34(33)29-46/h1,6,8-9,12-13,15-16,19-20,30,32,35-38,40,47,49H,7,10-11,14,17-18,21-29H2,2-4H3,(H,43,50)(H,44,51)/t35-,36+,37+,38+,40-/m1/s1. The predicted octanol–water partition coefficient (Wildman–Crippen LogP) is 4.48. The first-order valence-corrected chi connectivity index (χ1v) is 19.0. The Kier molecular flexibility index (Phi) is 16.0. The van der Waals surface area contributed by atoms with Gasteiger partial charge in [-0.15, -0.1) is 12.3 Å². The van der Waals surface area contributed by atoms with Crippen molar-refractivity contribution in [1.29, 1.82) is 0 Å². The van der Waals surface area contributed by atoms with Crippen LogP contribution < -0.4 is 10.6 Å². The predicted molar refractivity (Wildman–Crippen MR) is 201 cm³/mol. The van der Waals surface area contributed by atoms with Gasteiger partial charge in [0.25, 0.3) is 0 Å². The number of hydrogen-bond acceptors (Lipinski definition) is 6. The molecule has 2 aliphatic rings. The van der Waals surface area contributed by atoms with Gasteiger partial charge in [0.1, 0.15) is 12.1 Å². The fraction of sp³-hybridized carbons (Fsp3) is 0.595. The first-order chi connectivity index (χ1) is 24.5. The minimum absolute atomic E-state index is 0.0190. The summed E-state index contributed by atoms with van der Waals surface area (Å²) in [6, 6.07) is 16.3. The number of likely N-dealkylation sites (N-methyl/N-ethyl adjacent to an activating group) is 1. The number of nitrogens with zero attached hydrogens (tertiary/aromatic N) is 2. The number of carbonyl (C=O) groups excluding carboxylic acids is 3. The maximum atomic E-state index is 14.0. The molecule has 2 aromatic rings. The third kappa shape index (κ3) is 12.8. The van der Waals surface area contributed by atoms with E-state index in [0.717, 1.165) is 57.3 Å². The number of nitrogens with one attached hydrogen (secondary N) is 2.